The molecule has 0 aliphatic carbocycles. The molecule has 10 heteroatoms. The molecule has 1 aromatic carbocycles. The molecule has 0 saturated heterocycles. The van der Waals surface area contributed by atoms with E-state index < -0.39 is 17.8 Å². The molecule has 1 aliphatic heterocycles. The van der Waals surface area contributed by atoms with Gasteiger partial charge in [0.15, 0.2) is 0 Å². The van der Waals surface area contributed by atoms with Crippen LogP contribution in [-0.4, -0.2) is 71.5 Å². The molecule has 152 valence electrons. The minimum atomic E-state index is -0.661. The lowest BCUT2D eigenvalue weighted by Crippen LogP contribution is -2.31. The van der Waals surface area contributed by atoms with Crippen molar-refractivity contribution < 1.29 is 29.0 Å². The Bertz CT molecular complexity index is 967. The zero-order valence-corrected chi connectivity index (χ0v) is 15.9. The van der Waals surface area contributed by atoms with Crippen LogP contribution in [0, 0.1) is 0 Å². The molecule has 0 atom stereocenters. The van der Waals surface area contributed by atoms with E-state index >= 15 is 0 Å². The summed E-state index contributed by atoms with van der Waals surface area (Å²) in [6, 6.07) is 6.44. The quantitative estimate of drug-likeness (QED) is 0.638. The predicted octanol–water partition coefficient (Wildman–Crippen LogP) is 0.332. The third kappa shape index (κ3) is 3.97. The number of aliphatic hydroxyl groups excluding tert-OH is 1. The number of aliphatic hydroxyl groups is 1. The van der Waals surface area contributed by atoms with Gasteiger partial charge in [-0.2, -0.15) is 5.10 Å². The molecule has 0 bridgehead atoms. The Kier molecular flexibility index (Phi) is 5.93. The van der Waals surface area contributed by atoms with Crippen LogP contribution in [0.15, 0.2) is 47.9 Å². The number of methoxy groups -OCH3 is 2. The van der Waals surface area contributed by atoms with Gasteiger partial charge in [0.2, 0.25) is 0 Å². The molecule has 1 aromatic heterocycles. The molecule has 10 nitrogen and oxygen atoms in total. The van der Waals surface area contributed by atoms with Crippen LogP contribution >= 0.6 is 0 Å². The van der Waals surface area contributed by atoms with Crippen LogP contribution in [0.25, 0.3) is 5.69 Å². The number of carbonyl (C=O) groups excluding carboxylic acids is 3. The van der Waals surface area contributed by atoms with Gasteiger partial charge in [0.1, 0.15) is 5.70 Å². The standard InChI is InChI=1S/C19H20N4O6/c1-28-18(26)12-4-5-15(23-7-3-6-20-23)14(10-12)21-16-13(19(27)29-2)11-22(8-9-24)17(16)25/h3-7,10,21,24H,8-9,11H2,1-2H3. The van der Waals surface area contributed by atoms with E-state index in [4.69, 9.17) is 9.47 Å². The van der Waals surface area contributed by atoms with Gasteiger partial charge < -0.3 is 24.8 Å². The summed E-state index contributed by atoms with van der Waals surface area (Å²) in [5.41, 5.74) is 1.31. The Hall–Kier alpha value is -3.66. The van der Waals surface area contributed by atoms with Gasteiger partial charge in [-0.1, -0.05) is 0 Å². The third-order valence-electron chi connectivity index (χ3n) is 4.38. The second-order valence-electron chi connectivity index (χ2n) is 6.09. The number of hydrogen-bond donors (Lipinski definition) is 2. The van der Waals surface area contributed by atoms with Crippen molar-refractivity contribution in [1.29, 1.82) is 0 Å². The zero-order valence-electron chi connectivity index (χ0n) is 15.9. The number of benzene rings is 1. The minimum absolute atomic E-state index is 0.00218. The van der Waals surface area contributed by atoms with Crippen LogP contribution in [0.5, 0.6) is 0 Å². The van der Waals surface area contributed by atoms with E-state index in [0.29, 0.717) is 11.4 Å². The molecule has 3 rings (SSSR count). The second-order valence-corrected chi connectivity index (χ2v) is 6.09. The number of carbonyl (C=O) groups is 3. The molecular formula is C19H20N4O6. The fourth-order valence-corrected chi connectivity index (χ4v) is 2.98. The van der Waals surface area contributed by atoms with Crippen molar-refractivity contribution in [3.8, 4) is 5.69 Å². The van der Waals surface area contributed by atoms with Crippen molar-refractivity contribution in [2.45, 2.75) is 0 Å². The Morgan fingerprint density at radius 1 is 1.24 bits per heavy atom. The van der Waals surface area contributed by atoms with Crippen LogP contribution in [0.1, 0.15) is 10.4 Å². The van der Waals surface area contributed by atoms with Crippen molar-refractivity contribution in [2.75, 3.05) is 39.2 Å². The Labute approximate surface area is 166 Å². The predicted molar refractivity (Wildman–Crippen MR) is 101 cm³/mol. The summed E-state index contributed by atoms with van der Waals surface area (Å²) in [5.74, 6) is -1.68. The summed E-state index contributed by atoms with van der Waals surface area (Å²) in [4.78, 5) is 38.3. The summed E-state index contributed by atoms with van der Waals surface area (Å²) in [6.45, 7) is -0.176. The fourth-order valence-electron chi connectivity index (χ4n) is 2.98. The summed E-state index contributed by atoms with van der Waals surface area (Å²) in [5, 5.41) is 16.3. The number of nitrogens with one attached hydrogen (secondary N) is 1. The Balaban J connectivity index is 2.07. The Morgan fingerprint density at radius 3 is 2.62 bits per heavy atom. The van der Waals surface area contributed by atoms with Gasteiger partial charge >= 0.3 is 11.9 Å². The molecule has 2 heterocycles. The lowest BCUT2D eigenvalue weighted by atomic mass is 10.1. The largest absolute Gasteiger partial charge is 0.466 e. The van der Waals surface area contributed by atoms with Gasteiger partial charge in [0.25, 0.3) is 5.91 Å². The number of hydrogen-bond acceptors (Lipinski definition) is 8. The number of esters is 2. The maximum Gasteiger partial charge on any atom is 0.337 e. The second kappa shape index (κ2) is 8.57. The summed E-state index contributed by atoms with van der Waals surface area (Å²) in [6.07, 6.45) is 3.28. The van der Waals surface area contributed by atoms with Crippen LogP contribution < -0.4 is 5.32 Å². The topological polar surface area (TPSA) is 123 Å². The first-order chi connectivity index (χ1) is 14.0. The van der Waals surface area contributed by atoms with E-state index in [2.05, 4.69) is 10.4 Å². The van der Waals surface area contributed by atoms with E-state index in [1.807, 2.05) is 0 Å². The highest BCUT2D eigenvalue weighted by atomic mass is 16.5. The highest BCUT2D eigenvalue weighted by Crippen LogP contribution is 2.28. The lowest BCUT2D eigenvalue weighted by molar-refractivity contribution is -0.136. The van der Waals surface area contributed by atoms with Crippen LogP contribution in [0.4, 0.5) is 5.69 Å². The Morgan fingerprint density at radius 2 is 2.00 bits per heavy atom. The summed E-state index contributed by atoms with van der Waals surface area (Å²) >= 11 is 0. The molecule has 0 fully saturated rings. The van der Waals surface area contributed by atoms with E-state index in [1.165, 1.54) is 25.2 Å². The smallest absolute Gasteiger partial charge is 0.337 e. The van der Waals surface area contributed by atoms with Gasteiger partial charge in [0, 0.05) is 18.9 Å². The lowest BCUT2D eigenvalue weighted by Gasteiger charge is -2.16. The molecule has 1 amide bonds. The first-order valence-electron chi connectivity index (χ1n) is 8.71. The molecule has 2 N–H and O–H groups in total. The zero-order chi connectivity index (χ0) is 21.0. The van der Waals surface area contributed by atoms with E-state index in [0.717, 1.165) is 0 Å². The van der Waals surface area contributed by atoms with E-state index in [9.17, 15) is 19.5 Å². The SMILES string of the molecule is COC(=O)C1=C(Nc2cc(C(=O)OC)ccc2-n2cccn2)C(=O)N(CCO)C1. The minimum Gasteiger partial charge on any atom is -0.466 e. The third-order valence-corrected chi connectivity index (χ3v) is 4.38. The van der Waals surface area contributed by atoms with Crippen LogP contribution in [0.3, 0.4) is 0 Å². The fraction of sp³-hybridized carbons (Fsp3) is 0.263. The number of ether oxygens (including phenoxy) is 2. The average Bonchev–Trinajstić information content (AvgIpc) is 3.37. The molecule has 0 radical (unpaired) electrons. The molecule has 1 aliphatic rings. The van der Waals surface area contributed by atoms with Crippen LogP contribution in [0.2, 0.25) is 0 Å². The number of β-amino-alcohol motifs (C(OH)–C–C–N with tert-alkyl or cyclic N) is 1. The number of aromatic nitrogens is 2. The summed E-state index contributed by atoms with van der Waals surface area (Å²) in [7, 11) is 2.49. The summed E-state index contributed by atoms with van der Waals surface area (Å²) < 4.78 is 11.1. The molecular weight excluding hydrogens is 380 g/mol. The maximum atomic E-state index is 12.8. The molecule has 0 unspecified atom stereocenters. The molecule has 0 saturated carbocycles. The first kappa shape index (κ1) is 20.1. The van der Waals surface area contributed by atoms with E-state index in [1.54, 1.807) is 35.3 Å². The van der Waals surface area contributed by atoms with Gasteiger partial charge in [-0.15, -0.1) is 0 Å². The highest BCUT2D eigenvalue weighted by molar-refractivity contribution is 6.09. The van der Waals surface area contributed by atoms with Crippen LogP contribution in [-0.2, 0) is 19.1 Å². The van der Waals surface area contributed by atoms with Crippen molar-refractivity contribution in [2.24, 2.45) is 0 Å². The molecule has 0 spiro atoms. The van der Waals surface area contributed by atoms with Gasteiger partial charge in [-0.25, -0.2) is 14.3 Å². The number of rotatable bonds is 7. The van der Waals surface area contributed by atoms with Crippen molar-refractivity contribution in [1.82, 2.24) is 14.7 Å². The van der Waals surface area contributed by atoms with Crippen molar-refractivity contribution in [3.63, 3.8) is 0 Å². The highest BCUT2D eigenvalue weighted by Gasteiger charge is 2.35. The van der Waals surface area contributed by atoms with E-state index in [-0.39, 0.29) is 36.5 Å². The van der Waals surface area contributed by atoms with Gasteiger partial charge in [0.05, 0.1) is 49.9 Å². The molecule has 29 heavy (non-hydrogen) atoms. The monoisotopic (exact) mass is 400 g/mol. The average molecular weight is 400 g/mol. The normalized spacial score (nSPS) is 13.6. The van der Waals surface area contributed by atoms with Gasteiger partial charge in [-0.05, 0) is 24.3 Å². The number of anilines is 1. The first-order valence-corrected chi connectivity index (χ1v) is 8.71. The number of nitrogens with zero attached hydrogens (tertiary/aromatic N) is 3. The van der Waals surface area contributed by atoms with Gasteiger partial charge in [-0.3, -0.25) is 4.79 Å². The molecule has 2 aromatic rings. The van der Waals surface area contributed by atoms with Crippen molar-refractivity contribution in [3.05, 3.63) is 53.5 Å². The van der Waals surface area contributed by atoms with Crippen molar-refractivity contribution >= 4 is 23.5 Å². The maximum absolute atomic E-state index is 12.8. The number of amides is 1.